The molecule has 0 aliphatic carbocycles. The van der Waals surface area contributed by atoms with Gasteiger partial charge in [0.05, 0.1) is 13.5 Å². The molecule has 6 nitrogen and oxygen atoms in total. The Hall–Kier alpha value is -3.09. The Kier molecular flexibility index (Phi) is 4.45. The second-order valence-corrected chi connectivity index (χ2v) is 6.93. The highest BCUT2D eigenvalue weighted by atomic mass is 35.5. The number of Topliss-reactive ketones (excluding diaryl/α,β-unsaturated/α-hetero) is 1. The number of fused-ring (bicyclic) bond motifs is 1. The molecule has 1 aliphatic rings. The number of hydrogen-bond acceptors (Lipinski definition) is 5. The first-order chi connectivity index (χ1) is 13.4. The van der Waals surface area contributed by atoms with Crippen LogP contribution in [0.5, 0.6) is 5.75 Å². The van der Waals surface area contributed by atoms with Crippen LogP contribution in [0.4, 0.5) is 5.69 Å². The Morgan fingerprint density at radius 2 is 1.93 bits per heavy atom. The predicted molar refractivity (Wildman–Crippen MR) is 104 cm³/mol. The van der Waals surface area contributed by atoms with E-state index in [1.165, 1.54) is 13.2 Å². The van der Waals surface area contributed by atoms with Crippen molar-refractivity contribution in [3.05, 3.63) is 70.9 Å². The average molecular weight is 398 g/mol. The van der Waals surface area contributed by atoms with Crippen LogP contribution >= 0.6 is 11.6 Å². The third kappa shape index (κ3) is 3.06. The topological polar surface area (TPSA) is 88.8 Å². The first-order valence-electron chi connectivity index (χ1n) is 8.52. The van der Waals surface area contributed by atoms with E-state index in [1.807, 2.05) is 0 Å². The number of anilines is 1. The first-order valence-corrected chi connectivity index (χ1v) is 8.90. The molecular formula is C21H16ClNO5. The van der Waals surface area contributed by atoms with Gasteiger partial charge in [-0.05, 0) is 54.6 Å². The van der Waals surface area contributed by atoms with Gasteiger partial charge in [-0.15, -0.1) is 0 Å². The van der Waals surface area contributed by atoms with Gasteiger partial charge < -0.3 is 19.6 Å². The fourth-order valence-electron chi connectivity index (χ4n) is 3.20. The molecule has 0 spiro atoms. The lowest BCUT2D eigenvalue weighted by Crippen LogP contribution is -2.36. The van der Waals surface area contributed by atoms with E-state index in [-0.39, 0.29) is 5.76 Å². The van der Waals surface area contributed by atoms with Crippen molar-refractivity contribution >= 4 is 29.0 Å². The summed E-state index contributed by atoms with van der Waals surface area (Å²) in [6, 6.07) is 15.0. The molecule has 28 heavy (non-hydrogen) atoms. The van der Waals surface area contributed by atoms with Gasteiger partial charge >= 0.3 is 0 Å². The average Bonchev–Trinajstić information content (AvgIpc) is 3.27. The molecule has 0 radical (unpaired) electrons. The van der Waals surface area contributed by atoms with Gasteiger partial charge in [-0.25, -0.2) is 0 Å². The van der Waals surface area contributed by atoms with Crippen molar-refractivity contribution in [2.75, 3.05) is 12.4 Å². The normalized spacial score (nSPS) is 17.9. The second-order valence-electron chi connectivity index (χ2n) is 6.50. The monoisotopic (exact) mass is 397 g/mol. The van der Waals surface area contributed by atoms with Gasteiger partial charge in [0.25, 0.3) is 5.91 Å². The van der Waals surface area contributed by atoms with E-state index in [4.69, 9.17) is 20.8 Å². The number of ketones is 1. The van der Waals surface area contributed by atoms with E-state index in [0.29, 0.717) is 27.8 Å². The zero-order valence-corrected chi connectivity index (χ0v) is 15.6. The molecule has 7 heteroatoms. The number of methoxy groups -OCH3 is 1. The smallest absolute Gasteiger partial charge is 0.261 e. The van der Waals surface area contributed by atoms with Gasteiger partial charge in [-0.3, -0.25) is 9.59 Å². The Morgan fingerprint density at radius 3 is 2.64 bits per heavy atom. The molecule has 4 rings (SSSR count). The fourth-order valence-corrected chi connectivity index (χ4v) is 3.33. The van der Waals surface area contributed by atoms with Gasteiger partial charge in [0.1, 0.15) is 11.5 Å². The number of furan rings is 1. The van der Waals surface area contributed by atoms with E-state index in [9.17, 15) is 14.7 Å². The highest BCUT2D eigenvalue weighted by Crippen LogP contribution is 2.41. The lowest BCUT2D eigenvalue weighted by molar-refractivity contribution is -0.133. The second kappa shape index (κ2) is 6.82. The molecule has 0 bridgehead atoms. The van der Waals surface area contributed by atoms with Crippen molar-refractivity contribution in [3.8, 4) is 17.1 Å². The summed E-state index contributed by atoms with van der Waals surface area (Å²) in [5.41, 5.74) is -0.485. The van der Waals surface area contributed by atoms with Crippen molar-refractivity contribution in [2.24, 2.45) is 0 Å². The number of benzene rings is 2. The summed E-state index contributed by atoms with van der Waals surface area (Å²) in [5, 5.41) is 14.2. The predicted octanol–water partition coefficient (Wildman–Crippen LogP) is 4.02. The number of ether oxygens (including phenoxy) is 1. The number of carbonyl (C=O) groups excluding carboxylic acids is 2. The molecule has 142 valence electrons. The minimum Gasteiger partial charge on any atom is -0.497 e. The Bertz CT molecular complexity index is 1070. The van der Waals surface area contributed by atoms with Gasteiger partial charge in [0, 0.05) is 21.8 Å². The van der Waals surface area contributed by atoms with Gasteiger partial charge in [-0.2, -0.15) is 0 Å². The number of hydrogen-bond donors (Lipinski definition) is 2. The highest BCUT2D eigenvalue weighted by Gasteiger charge is 2.47. The minimum atomic E-state index is -1.99. The minimum absolute atomic E-state index is 0.0579. The molecule has 1 unspecified atom stereocenters. The zero-order valence-electron chi connectivity index (χ0n) is 14.9. The largest absolute Gasteiger partial charge is 0.497 e. The number of amides is 1. The summed E-state index contributed by atoms with van der Waals surface area (Å²) in [6.07, 6.45) is -0.452. The maximum atomic E-state index is 12.7. The van der Waals surface area contributed by atoms with Crippen LogP contribution < -0.4 is 10.1 Å². The van der Waals surface area contributed by atoms with Crippen molar-refractivity contribution in [1.82, 2.24) is 0 Å². The van der Waals surface area contributed by atoms with E-state index in [2.05, 4.69) is 5.32 Å². The molecule has 1 aliphatic heterocycles. The number of rotatable bonds is 5. The molecule has 0 saturated carbocycles. The Balaban J connectivity index is 1.61. The number of nitrogens with one attached hydrogen (secondary N) is 1. The molecule has 0 saturated heterocycles. The first kappa shape index (κ1) is 18.3. The number of aliphatic hydroxyl groups is 1. The summed E-state index contributed by atoms with van der Waals surface area (Å²) in [4.78, 5) is 25.1. The lowest BCUT2D eigenvalue weighted by atomic mass is 9.89. The van der Waals surface area contributed by atoms with Crippen LogP contribution in [0.3, 0.4) is 0 Å². The Labute approximate surface area is 165 Å². The van der Waals surface area contributed by atoms with Crippen molar-refractivity contribution in [3.63, 3.8) is 0 Å². The van der Waals surface area contributed by atoms with Crippen LogP contribution in [0.2, 0.25) is 5.02 Å². The summed E-state index contributed by atoms with van der Waals surface area (Å²) < 4.78 is 10.8. The van der Waals surface area contributed by atoms with E-state index in [0.717, 1.165) is 5.56 Å². The SMILES string of the molecule is COc1ccc2c(c1)C(O)(CC(=O)c1ccc(-c3ccc(Cl)cc3)o1)C(=O)N2. The van der Waals surface area contributed by atoms with Crippen molar-refractivity contribution in [1.29, 1.82) is 0 Å². The quantitative estimate of drug-likeness (QED) is 0.635. The van der Waals surface area contributed by atoms with Crippen LogP contribution in [-0.2, 0) is 10.4 Å². The van der Waals surface area contributed by atoms with Crippen LogP contribution in [-0.4, -0.2) is 23.9 Å². The van der Waals surface area contributed by atoms with Crippen molar-refractivity contribution in [2.45, 2.75) is 12.0 Å². The summed E-state index contributed by atoms with van der Waals surface area (Å²) >= 11 is 5.88. The molecular weight excluding hydrogens is 382 g/mol. The standard InChI is InChI=1S/C21H16ClNO5/c1-27-14-6-7-16-15(10-14)21(26,20(25)23-16)11-17(24)19-9-8-18(28-19)12-2-4-13(22)5-3-12/h2-10,26H,11H2,1H3,(H,23,25). The third-order valence-corrected chi connectivity index (χ3v) is 4.97. The third-order valence-electron chi connectivity index (χ3n) is 4.72. The molecule has 1 aromatic heterocycles. The van der Waals surface area contributed by atoms with Crippen LogP contribution in [0.25, 0.3) is 11.3 Å². The molecule has 3 aromatic rings. The highest BCUT2D eigenvalue weighted by molar-refractivity contribution is 6.30. The van der Waals surface area contributed by atoms with Crippen LogP contribution in [0, 0.1) is 0 Å². The molecule has 2 heterocycles. The van der Waals surface area contributed by atoms with Gasteiger partial charge in [0.2, 0.25) is 5.78 Å². The Morgan fingerprint density at radius 1 is 1.18 bits per heavy atom. The molecule has 2 N–H and O–H groups in total. The van der Waals surface area contributed by atoms with E-state index < -0.39 is 23.7 Å². The molecule has 1 atom stereocenters. The fraction of sp³-hybridized carbons (Fsp3) is 0.143. The van der Waals surface area contributed by atoms with E-state index >= 15 is 0 Å². The van der Waals surface area contributed by atoms with Crippen molar-refractivity contribution < 1.29 is 23.8 Å². The maximum Gasteiger partial charge on any atom is 0.261 e. The summed E-state index contributed by atoms with van der Waals surface area (Å²) in [5.74, 6) is -0.126. The zero-order chi connectivity index (χ0) is 19.9. The number of carbonyl (C=O) groups is 2. The maximum absolute atomic E-state index is 12.7. The van der Waals surface area contributed by atoms with E-state index in [1.54, 1.807) is 48.5 Å². The van der Waals surface area contributed by atoms with Gasteiger partial charge in [-0.1, -0.05) is 11.6 Å². The van der Waals surface area contributed by atoms with Crippen LogP contribution in [0.1, 0.15) is 22.5 Å². The summed E-state index contributed by atoms with van der Waals surface area (Å²) in [6.45, 7) is 0. The van der Waals surface area contributed by atoms with Gasteiger partial charge in [0.15, 0.2) is 11.4 Å². The molecule has 0 fully saturated rings. The summed E-state index contributed by atoms with van der Waals surface area (Å²) in [7, 11) is 1.48. The number of halogens is 1. The van der Waals surface area contributed by atoms with Crippen LogP contribution in [0.15, 0.2) is 59.0 Å². The molecule has 1 amide bonds. The lowest BCUT2D eigenvalue weighted by Gasteiger charge is -2.19. The molecule has 2 aromatic carbocycles.